The van der Waals surface area contributed by atoms with Crippen LogP contribution in [0.3, 0.4) is 0 Å². The molecule has 2 aliphatic carbocycles. The van der Waals surface area contributed by atoms with E-state index in [4.69, 9.17) is 6.57 Å². The van der Waals surface area contributed by atoms with Gasteiger partial charge in [-0.25, -0.2) is 20.0 Å². The van der Waals surface area contributed by atoms with Crippen molar-refractivity contribution in [2.75, 3.05) is 25.0 Å². The average molecular weight is 468 g/mol. The summed E-state index contributed by atoms with van der Waals surface area (Å²) >= 11 is 0. The zero-order valence-electron chi connectivity index (χ0n) is 17.6. The van der Waals surface area contributed by atoms with Crippen molar-refractivity contribution >= 4 is 27.5 Å². The van der Waals surface area contributed by atoms with Crippen LogP contribution in [0.25, 0.3) is 21.9 Å². The summed E-state index contributed by atoms with van der Waals surface area (Å²) in [4.78, 5) is 24.4. The molecule has 12 nitrogen and oxygen atoms in total. The molecule has 3 aliphatic rings. The molecule has 0 unspecified atom stereocenters. The number of anilines is 1. The molecule has 4 heterocycles. The first-order valence-corrected chi connectivity index (χ1v) is 12.3. The van der Waals surface area contributed by atoms with Crippen LogP contribution < -0.4 is 5.32 Å². The standard InChI is InChI=1S/C20H21N9O3S/c1-21-10-20(11-27(12-20)33(31,32)15-4-5-15)28-9-14(8-23-28)17-22-7-6-16-24-19(26-29(16)17)25-18(30)13-2-3-13/h6-9,13,15H,2-5,10-12H2,(H,25,26,30). The Hall–Kier alpha value is -3.37. The van der Waals surface area contributed by atoms with Gasteiger partial charge in [0.2, 0.25) is 28.4 Å². The highest BCUT2D eigenvalue weighted by atomic mass is 32.2. The summed E-state index contributed by atoms with van der Waals surface area (Å²) in [5.41, 5.74) is 0.472. The van der Waals surface area contributed by atoms with Gasteiger partial charge in [0.1, 0.15) is 0 Å². The molecule has 1 aliphatic heterocycles. The number of hydrogen-bond acceptors (Lipinski definition) is 7. The number of fused-ring (bicyclic) bond motifs is 1. The third-order valence-corrected chi connectivity index (χ3v) is 8.68. The molecule has 0 radical (unpaired) electrons. The van der Waals surface area contributed by atoms with Crippen LogP contribution in [0, 0.1) is 12.5 Å². The molecule has 2 saturated carbocycles. The van der Waals surface area contributed by atoms with Gasteiger partial charge in [0, 0.05) is 37.5 Å². The Kier molecular flexibility index (Phi) is 4.33. The van der Waals surface area contributed by atoms with Crippen molar-refractivity contribution in [3.05, 3.63) is 36.1 Å². The number of carbonyl (C=O) groups is 1. The highest BCUT2D eigenvalue weighted by Gasteiger charge is 2.56. The van der Waals surface area contributed by atoms with Crippen LogP contribution >= 0.6 is 0 Å². The lowest BCUT2D eigenvalue weighted by atomic mass is 9.93. The third kappa shape index (κ3) is 3.37. The van der Waals surface area contributed by atoms with Gasteiger partial charge in [-0.1, -0.05) is 0 Å². The Bertz CT molecular complexity index is 1410. The van der Waals surface area contributed by atoms with Gasteiger partial charge in [0.25, 0.3) is 0 Å². The van der Waals surface area contributed by atoms with Gasteiger partial charge in [-0.15, -0.1) is 5.10 Å². The van der Waals surface area contributed by atoms with Crippen LogP contribution in [0.4, 0.5) is 5.95 Å². The molecule has 1 N–H and O–H groups in total. The molecule has 3 fully saturated rings. The van der Waals surface area contributed by atoms with Gasteiger partial charge in [-0.2, -0.15) is 18.9 Å². The van der Waals surface area contributed by atoms with E-state index in [9.17, 15) is 13.2 Å². The summed E-state index contributed by atoms with van der Waals surface area (Å²) in [5.74, 6) is 0.665. The lowest BCUT2D eigenvalue weighted by Crippen LogP contribution is -2.66. The van der Waals surface area contributed by atoms with Gasteiger partial charge in [-0.3, -0.25) is 14.8 Å². The highest BCUT2D eigenvalue weighted by molar-refractivity contribution is 7.90. The first-order chi connectivity index (χ1) is 15.9. The molecule has 0 spiro atoms. The van der Waals surface area contributed by atoms with Crippen molar-refractivity contribution in [1.29, 1.82) is 0 Å². The number of rotatable bonds is 7. The average Bonchev–Trinajstić information content (AvgIpc) is 3.69. The number of amides is 1. The van der Waals surface area contributed by atoms with Gasteiger partial charge in [0.15, 0.2) is 17.0 Å². The SMILES string of the molecule is [C-]#[N+]CC1(n2cc(-c3nccc4nc(NC(=O)C5CC5)nn34)cn2)CN(S(=O)(=O)C2CC2)C1. The number of sulfonamides is 1. The fourth-order valence-electron chi connectivity index (χ4n) is 4.15. The Morgan fingerprint density at radius 2 is 2.06 bits per heavy atom. The monoisotopic (exact) mass is 467 g/mol. The van der Waals surface area contributed by atoms with E-state index >= 15 is 0 Å². The topological polar surface area (TPSA) is 132 Å². The van der Waals surface area contributed by atoms with Crippen molar-refractivity contribution in [2.45, 2.75) is 36.5 Å². The largest absolute Gasteiger partial charge is 0.314 e. The van der Waals surface area contributed by atoms with Crippen molar-refractivity contribution in [3.63, 3.8) is 0 Å². The van der Waals surface area contributed by atoms with Crippen molar-refractivity contribution < 1.29 is 13.2 Å². The smallest absolute Gasteiger partial charge is 0.249 e. The minimum absolute atomic E-state index is 0.0387. The predicted molar refractivity (Wildman–Crippen MR) is 116 cm³/mol. The number of nitrogens with zero attached hydrogens (tertiary/aromatic N) is 8. The summed E-state index contributed by atoms with van der Waals surface area (Å²) in [6.07, 6.45) is 8.17. The summed E-state index contributed by atoms with van der Waals surface area (Å²) < 4.78 is 29.8. The van der Waals surface area contributed by atoms with Crippen molar-refractivity contribution in [2.24, 2.45) is 5.92 Å². The van der Waals surface area contributed by atoms with Crippen LogP contribution in [0.1, 0.15) is 25.7 Å². The Morgan fingerprint density at radius 3 is 2.76 bits per heavy atom. The molecule has 0 atom stereocenters. The zero-order valence-corrected chi connectivity index (χ0v) is 18.4. The fourth-order valence-corrected chi connectivity index (χ4v) is 6.15. The lowest BCUT2D eigenvalue weighted by molar-refractivity contribution is -0.117. The quantitative estimate of drug-likeness (QED) is 0.507. The molecule has 6 rings (SSSR count). The minimum Gasteiger partial charge on any atom is -0.314 e. The molecule has 3 aromatic heterocycles. The third-order valence-electron chi connectivity index (χ3n) is 6.38. The lowest BCUT2D eigenvalue weighted by Gasteiger charge is -2.45. The van der Waals surface area contributed by atoms with E-state index in [0.717, 1.165) is 12.8 Å². The molecule has 1 saturated heterocycles. The zero-order chi connectivity index (χ0) is 22.8. The minimum atomic E-state index is -3.29. The number of hydrogen-bond donors (Lipinski definition) is 1. The van der Waals surface area contributed by atoms with Crippen molar-refractivity contribution in [1.82, 2.24) is 33.7 Å². The van der Waals surface area contributed by atoms with Crippen LogP contribution in [0.15, 0.2) is 24.7 Å². The van der Waals surface area contributed by atoms with Crippen LogP contribution in [-0.2, 0) is 20.4 Å². The molecule has 13 heteroatoms. The predicted octanol–water partition coefficient (Wildman–Crippen LogP) is 0.759. The van der Waals surface area contributed by atoms with E-state index in [2.05, 4.69) is 30.3 Å². The first kappa shape index (κ1) is 20.3. The van der Waals surface area contributed by atoms with Gasteiger partial charge >= 0.3 is 0 Å². The molecular weight excluding hydrogens is 446 g/mol. The van der Waals surface area contributed by atoms with E-state index < -0.39 is 15.6 Å². The Balaban J connectivity index is 1.29. The number of carbonyl (C=O) groups excluding carboxylic acids is 1. The maximum Gasteiger partial charge on any atom is 0.249 e. The Morgan fingerprint density at radius 1 is 1.27 bits per heavy atom. The van der Waals surface area contributed by atoms with Crippen LogP contribution in [0.5, 0.6) is 0 Å². The van der Waals surface area contributed by atoms with Crippen LogP contribution in [-0.4, -0.2) is 72.9 Å². The van der Waals surface area contributed by atoms with E-state index in [-0.39, 0.29) is 42.7 Å². The molecule has 3 aromatic rings. The molecule has 0 aromatic carbocycles. The summed E-state index contributed by atoms with van der Waals surface area (Å²) in [6.45, 7) is 7.97. The van der Waals surface area contributed by atoms with E-state index in [1.165, 1.54) is 8.82 Å². The van der Waals surface area contributed by atoms with Crippen molar-refractivity contribution in [3.8, 4) is 11.4 Å². The van der Waals surface area contributed by atoms with Gasteiger partial charge in [-0.05, 0) is 25.7 Å². The second kappa shape index (κ2) is 7.06. The van der Waals surface area contributed by atoms with Crippen LogP contribution in [0.2, 0.25) is 0 Å². The molecule has 33 heavy (non-hydrogen) atoms. The summed E-state index contributed by atoms with van der Waals surface area (Å²) in [7, 11) is -3.29. The van der Waals surface area contributed by atoms with Gasteiger partial charge < -0.3 is 4.85 Å². The fraction of sp³-hybridized carbons (Fsp3) is 0.500. The molecule has 1 amide bonds. The summed E-state index contributed by atoms with van der Waals surface area (Å²) in [5, 5.41) is 11.3. The van der Waals surface area contributed by atoms with E-state index in [1.54, 1.807) is 29.3 Å². The highest BCUT2D eigenvalue weighted by Crippen LogP contribution is 2.39. The number of nitrogens with one attached hydrogen (secondary N) is 1. The normalized spacial score (nSPS) is 20.3. The number of aromatic nitrogens is 6. The molecule has 0 bridgehead atoms. The maximum atomic E-state index is 12.6. The van der Waals surface area contributed by atoms with E-state index in [1.807, 2.05) is 0 Å². The Labute approximate surface area is 189 Å². The second-order valence-corrected chi connectivity index (χ2v) is 11.2. The van der Waals surface area contributed by atoms with E-state index in [0.29, 0.717) is 29.9 Å². The summed E-state index contributed by atoms with van der Waals surface area (Å²) in [6, 6.07) is 1.70. The maximum absolute atomic E-state index is 12.6. The molecule has 170 valence electrons. The van der Waals surface area contributed by atoms with Gasteiger partial charge in [0.05, 0.1) is 17.0 Å². The second-order valence-electron chi connectivity index (χ2n) is 8.96. The first-order valence-electron chi connectivity index (χ1n) is 10.8. The molecular formula is C20H21N9O3S.